The van der Waals surface area contributed by atoms with Crippen molar-refractivity contribution in [1.82, 2.24) is 9.88 Å². The van der Waals surface area contributed by atoms with Crippen LogP contribution in [0.4, 0.5) is 10.2 Å². The second kappa shape index (κ2) is 6.63. The molecule has 2 heterocycles. The summed E-state index contributed by atoms with van der Waals surface area (Å²) in [6, 6.07) is 1.46. The van der Waals surface area contributed by atoms with Gasteiger partial charge < -0.3 is 10.6 Å². The number of rotatable bonds is 4. The van der Waals surface area contributed by atoms with Gasteiger partial charge in [-0.3, -0.25) is 4.90 Å². The lowest BCUT2D eigenvalue weighted by molar-refractivity contribution is 0.226. The molecule has 0 spiro atoms. The molecule has 4 nitrogen and oxygen atoms in total. The molecule has 0 saturated carbocycles. The number of pyridine rings is 1. The molecule has 1 aliphatic rings. The van der Waals surface area contributed by atoms with E-state index in [4.69, 9.17) is 5.73 Å². The Bertz CT molecular complexity index is 421. The molecule has 2 N–H and O–H groups in total. The van der Waals surface area contributed by atoms with Gasteiger partial charge in [0.15, 0.2) is 11.6 Å². The summed E-state index contributed by atoms with van der Waals surface area (Å²) in [7, 11) is 0. The van der Waals surface area contributed by atoms with Crippen molar-refractivity contribution in [2.45, 2.75) is 6.92 Å². The van der Waals surface area contributed by atoms with E-state index in [1.807, 2.05) is 4.90 Å². The van der Waals surface area contributed by atoms with Gasteiger partial charge in [-0.25, -0.2) is 9.37 Å². The van der Waals surface area contributed by atoms with Gasteiger partial charge in [-0.1, -0.05) is 6.92 Å². The first-order chi connectivity index (χ1) is 9.10. The van der Waals surface area contributed by atoms with Gasteiger partial charge in [-0.05, 0) is 34.5 Å². The molecule has 0 amide bonds. The van der Waals surface area contributed by atoms with Crippen LogP contribution in [0.5, 0.6) is 0 Å². The van der Waals surface area contributed by atoms with Gasteiger partial charge >= 0.3 is 0 Å². The van der Waals surface area contributed by atoms with Gasteiger partial charge in [0, 0.05) is 43.4 Å². The predicted octanol–water partition coefficient (Wildman–Crippen LogP) is 1.70. The number of halogens is 2. The van der Waals surface area contributed by atoms with Crippen LogP contribution in [-0.2, 0) is 0 Å². The zero-order chi connectivity index (χ0) is 13.8. The van der Waals surface area contributed by atoms with Crippen LogP contribution in [0, 0.1) is 11.7 Å². The second-order valence-electron chi connectivity index (χ2n) is 5.09. The molecule has 6 heteroatoms. The lowest BCUT2D eigenvalue weighted by Gasteiger charge is -2.36. The molecule has 1 fully saturated rings. The summed E-state index contributed by atoms with van der Waals surface area (Å²) < 4.78 is 14.5. The van der Waals surface area contributed by atoms with E-state index < -0.39 is 0 Å². The Morgan fingerprint density at radius 1 is 1.42 bits per heavy atom. The maximum Gasteiger partial charge on any atom is 0.166 e. The molecule has 0 aliphatic carbocycles. The first-order valence-corrected chi connectivity index (χ1v) is 7.38. The molecule has 2 rings (SSSR count). The average molecular weight is 331 g/mol. The number of piperazine rings is 1. The van der Waals surface area contributed by atoms with Gasteiger partial charge in [-0.2, -0.15) is 0 Å². The lowest BCUT2D eigenvalue weighted by atomic mass is 10.1. The summed E-state index contributed by atoms with van der Waals surface area (Å²) in [6.45, 7) is 7.36. The van der Waals surface area contributed by atoms with Crippen molar-refractivity contribution in [1.29, 1.82) is 0 Å². The molecule has 1 saturated heterocycles. The van der Waals surface area contributed by atoms with Gasteiger partial charge in [0.25, 0.3) is 0 Å². The normalized spacial score (nSPS) is 18.6. The monoisotopic (exact) mass is 330 g/mol. The predicted molar refractivity (Wildman–Crippen MR) is 78.8 cm³/mol. The molecule has 1 aliphatic heterocycles. The highest BCUT2D eigenvalue weighted by molar-refractivity contribution is 9.10. The van der Waals surface area contributed by atoms with Crippen LogP contribution >= 0.6 is 15.9 Å². The zero-order valence-electron chi connectivity index (χ0n) is 11.1. The minimum atomic E-state index is -0.266. The Balaban J connectivity index is 1.92. The minimum absolute atomic E-state index is 0.266. The maximum atomic E-state index is 13.8. The standard InChI is InChI=1S/C13H20BrFN4/c1-10(7-16)9-18-2-4-19(5-3-18)13-12(15)6-11(14)8-17-13/h6,8,10H,2-5,7,9,16H2,1H3. The van der Waals surface area contributed by atoms with Crippen molar-refractivity contribution >= 4 is 21.7 Å². The quantitative estimate of drug-likeness (QED) is 0.912. The fourth-order valence-electron chi connectivity index (χ4n) is 2.30. The second-order valence-corrected chi connectivity index (χ2v) is 6.00. The van der Waals surface area contributed by atoms with Crippen molar-refractivity contribution < 1.29 is 4.39 Å². The molecule has 1 atom stereocenters. The first kappa shape index (κ1) is 14.7. The lowest BCUT2D eigenvalue weighted by Crippen LogP contribution is -2.48. The molecule has 0 bridgehead atoms. The SMILES string of the molecule is CC(CN)CN1CCN(c2ncc(Br)cc2F)CC1. The Hall–Kier alpha value is -0.720. The molecule has 1 unspecified atom stereocenters. The largest absolute Gasteiger partial charge is 0.352 e. The number of nitrogens with two attached hydrogens (primary N) is 1. The van der Waals surface area contributed by atoms with E-state index in [0.29, 0.717) is 22.8 Å². The van der Waals surface area contributed by atoms with E-state index in [-0.39, 0.29) is 5.82 Å². The van der Waals surface area contributed by atoms with Crippen LogP contribution in [0.1, 0.15) is 6.92 Å². The smallest absolute Gasteiger partial charge is 0.166 e. The Labute approximate surface area is 121 Å². The van der Waals surface area contributed by atoms with Crippen molar-refractivity contribution in [2.24, 2.45) is 11.7 Å². The summed E-state index contributed by atoms with van der Waals surface area (Å²) in [6.07, 6.45) is 1.64. The van der Waals surface area contributed by atoms with Crippen LogP contribution in [-0.4, -0.2) is 49.2 Å². The Morgan fingerprint density at radius 2 is 2.11 bits per heavy atom. The Morgan fingerprint density at radius 3 is 2.68 bits per heavy atom. The highest BCUT2D eigenvalue weighted by atomic mass is 79.9. The van der Waals surface area contributed by atoms with E-state index in [1.165, 1.54) is 6.07 Å². The van der Waals surface area contributed by atoms with Gasteiger partial charge in [0.05, 0.1) is 0 Å². The van der Waals surface area contributed by atoms with E-state index in [1.54, 1.807) is 6.20 Å². The number of aromatic nitrogens is 1. The summed E-state index contributed by atoms with van der Waals surface area (Å²) in [5, 5.41) is 0. The molecule has 0 radical (unpaired) electrons. The molecule has 19 heavy (non-hydrogen) atoms. The molecule has 1 aromatic heterocycles. The van der Waals surface area contributed by atoms with Crippen LogP contribution in [0.2, 0.25) is 0 Å². The molecular formula is C13H20BrFN4. The number of hydrogen-bond acceptors (Lipinski definition) is 4. The molecule has 0 aromatic carbocycles. The van der Waals surface area contributed by atoms with Crippen molar-refractivity contribution in [3.8, 4) is 0 Å². The Kier molecular flexibility index (Phi) is 5.13. The molecule has 1 aromatic rings. The third kappa shape index (κ3) is 3.87. The fourth-order valence-corrected chi connectivity index (χ4v) is 2.60. The third-order valence-electron chi connectivity index (χ3n) is 3.43. The topological polar surface area (TPSA) is 45.4 Å². The van der Waals surface area contributed by atoms with Crippen molar-refractivity contribution in [3.05, 3.63) is 22.6 Å². The highest BCUT2D eigenvalue weighted by Crippen LogP contribution is 2.21. The van der Waals surface area contributed by atoms with Crippen molar-refractivity contribution in [2.75, 3.05) is 44.2 Å². The van der Waals surface area contributed by atoms with Gasteiger partial charge in [-0.15, -0.1) is 0 Å². The summed E-state index contributed by atoms with van der Waals surface area (Å²) >= 11 is 3.22. The highest BCUT2D eigenvalue weighted by Gasteiger charge is 2.21. The van der Waals surface area contributed by atoms with E-state index in [2.05, 4.69) is 32.7 Å². The molecular weight excluding hydrogens is 311 g/mol. The van der Waals surface area contributed by atoms with E-state index in [9.17, 15) is 4.39 Å². The number of anilines is 1. The maximum absolute atomic E-state index is 13.8. The zero-order valence-corrected chi connectivity index (χ0v) is 12.7. The summed E-state index contributed by atoms with van der Waals surface area (Å²) in [5.74, 6) is 0.696. The van der Waals surface area contributed by atoms with Crippen LogP contribution < -0.4 is 10.6 Å². The number of nitrogens with zero attached hydrogens (tertiary/aromatic N) is 3. The van der Waals surface area contributed by atoms with Crippen LogP contribution in [0.25, 0.3) is 0 Å². The number of hydrogen-bond donors (Lipinski definition) is 1. The van der Waals surface area contributed by atoms with E-state index in [0.717, 1.165) is 32.7 Å². The van der Waals surface area contributed by atoms with Crippen LogP contribution in [0.15, 0.2) is 16.7 Å². The molecule has 106 valence electrons. The fraction of sp³-hybridized carbons (Fsp3) is 0.615. The van der Waals surface area contributed by atoms with E-state index >= 15 is 0 Å². The minimum Gasteiger partial charge on any atom is -0.352 e. The van der Waals surface area contributed by atoms with Gasteiger partial charge in [0.2, 0.25) is 0 Å². The van der Waals surface area contributed by atoms with Gasteiger partial charge in [0.1, 0.15) is 0 Å². The van der Waals surface area contributed by atoms with Crippen molar-refractivity contribution in [3.63, 3.8) is 0 Å². The summed E-state index contributed by atoms with van der Waals surface area (Å²) in [5.41, 5.74) is 5.64. The third-order valence-corrected chi connectivity index (χ3v) is 3.87. The first-order valence-electron chi connectivity index (χ1n) is 6.58. The van der Waals surface area contributed by atoms with Crippen LogP contribution in [0.3, 0.4) is 0 Å². The summed E-state index contributed by atoms with van der Waals surface area (Å²) in [4.78, 5) is 8.55. The average Bonchev–Trinajstić information content (AvgIpc) is 2.40.